The molecule has 0 aromatic heterocycles. The van der Waals surface area contributed by atoms with Gasteiger partial charge in [0, 0.05) is 24.2 Å². The summed E-state index contributed by atoms with van der Waals surface area (Å²) in [5.41, 5.74) is 2.36. The lowest BCUT2D eigenvalue weighted by Crippen LogP contribution is -2.35. The van der Waals surface area contributed by atoms with Gasteiger partial charge in [0.2, 0.25) is 0 Å². The Bertz CT molecular complexity index is 536. The highest BCUT2D eigenvalue weighted by Crippen LogP contribution is 2.12. The number of aryl methyl sites for hydroxylation is 1. The summed E-state index contributed by atoms with van der Waals surface area (Å²) in [6.45, 7) is 3.25. The number of aliphatic hydroxyl groups excluding tert-OH is 1. The summed E-state index contributed by atoms with van der Waals surface area (Å²) in [5.74, 6) is 5.73. The van der Waals surface area contributed by atoms with Crippen molar-refractivity contribution in [1.29, 1.82) is 0 Å². The predicted molar refractivity (Wildman–Crippen MR) is 76.5 cm³/mol. The maximum atomic E-state index is 12.2. The number of amides is 1. The number of carbonyl (C=O) groups is 1. The highest BCUT2D eigenvalue weighted by molar-refractivity contribution is 5.96. The number of ether oxygens (including phenoxy) is 1. The average molecular weight is 273 g/mol. The van der Waals surface area contributed by atoms with Crippen LogP contribution in [0.3, 0.4) is 0 Å². The number of hydrogen-bond acceptors (Lipinski definition) is 3. The minimum absolute atomic E-state index is 0.0495. The summed E-state index contributed by atoms with van der Waals surface area (Å²) in [6, 6.07) is 5.68. The second-order valence-electron chi connectivity index (χ2n) is 4.84. The topological polar surface area (TPSA) is 58.6 Å². The Morgan fingerprint density at radius 2 is 2.40 bits per heavy atom. The van der Waals surface area contributed by atoms with Gasteiger partial charge in [-0.05, 0) is 31.0 Å². The zero-order valence-electron chi connectivity index (χ0n) is 11.6. The fourth-order valence-electron chi connectivity index (χ4n) is 2.08. The SMILES string of the molecule is Cc1ccc(C#CCCO)cc1C(=O)NC1CCOC1. The van der Waals surface area contributed by atoms with Gasteiger partial charge < -0.3 is 15.2 Å². The molecule has 1 aliphatic heterocycles. The molecule has 1 unspecified atom stereocenters. The molecule has 0 radical (unpaired) electrons. The first kappa shape index (κ1) is 14.6. The summed E-state index contributed by atoms with van der Waals surface area (Å²) in [7, 11) is 0. The molecule has 0 saturated carbocycles. The van der Waals surface area contributed by atoms with Gasteiger partial charge in [-0.2, -0.15) is 0 Å². The van der Waals surface area contributed by atoms with Crippen LogP contribution >= 0.6 is 0 Å². The van der Waals surface area contributed by atoms with Crippen molar-refractivity contribution in [3.63, 3.8) is 0 Å². The Morgan fingerprint density at radius 1 is 1.55 bits per heavy atom. The Labute approximate surface area is 119 Å². The van der Waals surface area contributed by atoms with Gasteiger partial charge in [-0.3, -0.25) is 4.79 Å². The fourth-order valence-corrected chi connectivity index (χ4v) is 2.08. The van der Waals surface area contributed by atoms with E-state index in [-0.39, 0.29) is 18.6 Å². The smallest absolute Gasteiger partial charge is 0.251 e. The van der Waals surface area contributed by atoms with E-state index in [1.54, 1.807) is 6.07 Å². The number of aliphatic hydroxyl groups is 1. The third-order valence-corrected chi connectivity index (χ3v) is 3.22. The molecule has 2 rings (SSSR count). The lowest BCUT2D eigenvalue weighted by molar-refractivity contribution is 0.0929. The Balaban J connectivity index is 2.11. The summed E-state index contributed by atoms with van der Waals surface area (Å²) in [6.07, 6.45) is 1.30. The molecule has 1 aliphatic rings. The number of benzene rings is 1. The normalized spacial score (nSPS) is 17.4. The van der Waals surface area contributed by atoms with Crippen LogP contribution in [-0.4, -0.2) is 36.9 Å². The molecule has 0 spiro atoms. The summed E-state index contributed by atoms with van der Waals surface area (Å²) in [4.78, 5) is 12.2. The maximum Gasteiger partial charge on any atom is 0.251 e. The highest BCUT2D eigenvalue weighted by atomic mass is 16.5. The van der Waals surface area contributed by atoms with Gasteiger partial charge in [-0.25, -0.2) is 0 Å². The van der Waals surface area contributed by atoms with Gasteiger partial charge in [0.1, 0.15) is 0 Å². The van der Waals surface area contributed by atoms with Crippen LogP contribution in [0.15, 0.2) is 18.2 Å². The van der Waals surface area contributed by atoms with Crippen molar-refractivity contribution in [2.24, 2.45) is 0 Å². The maximum absolute atomic E-state index is 12.2. The zero-order valence-corrected chi connectivity index (χ0v) is 11.6. The van der Waals surface area contributed by atoms with Crippen LogP contribution in [0.4, 0.5) is 0 Å². The van der Waals surface area contributed by atoms with E-state index in [0.717, 1.165) is 17.5 Å². The van der Waals surface area contributed by atoms with Gasteiger partial charge in [-0.15, -0.1) is 0 Å². The lowest BCUT2D eigenvalue weighted by Gasteiger charge is -2.12. The molecule has 1 saturated heterocycles. The Hall–Kier alpha value is -1.83. The fraction of sp³-hybridized carbons (Fsp3) is 0.438. The summed E-state index contributed by atoms with van der Waals surface area (Å²) < 4.78 is 5.25. The van der Waals surface area contributed by atoms with Crippen LogP contribution < -0.4 is 5.32 Å². The molecule has 0 bridgehead atoms. The van der Waals surface area contributed by atoms with E-state index in [2.05, 4.69) is 17.2 Å². The Kier molecular flexibility index (Phi) is 5.16. The van der Waals surface area contributed by atoms with Crippen LogP contribution in [0.2, 0.25) is 0 Å². The second kappa shape index (κ2) is 7.09. The molecule has 1 amide bonds. The van der Waals surface area contributed by atoms with Crippen molar-refractivity contribution < 1.29 is 14.6 Å². The van der Waals surface area contributed by atoms with Gasteiger partial charge in [0.25, 0.3) is 5.91 Å². The van der Waals surface area contributed by atoms with Crippen LogP contribution in [0, 0.1) is 18.8 Å². The molecule has 1 atom stereocenters. The lowest BCUT2D eigenvalue weighted by atomic mass is 10.0. The standard InChI is InChI=1S/C16H19NO3/c1-12-5-6-13(4-2-3-8-18)10-15(12)16(19)17-14-7-9-20-11-14/h5-6,10,14,18H,3,7-9,11H2,1H3,(H,17,19). The monoisotopic (exact) mass is 273 g/mol. The number of nitrogens with one attached hydrogen (secondary N) is 1. The molecule has 4 nitrogen and oxygen atoms in total. The summed E-state index contributed by atoms with van der Waals surface area (Å²) in [5, 5.41) is 11.7. The van der Waals surface area contributed by atoms with Crippen molar-refractivity contribution >= 4 is 5.91 Å². The molecule has 20 heavy (non-hydrogen) atoms. The van der Waals surface area contributed by atoms with Gasteiger partial charge in [0.05, 0.1) is 19.3 Å². The van der Waals surface area contributed by atoms with Crippen LogP contribution in [0.1, 0.15) is 34.3 Å². The molecule has 106 valence electrons. The number of hydrogen-bond donors (Lipinski definition) is 2. The molecule has 4 heteroatoms. The van der Waals surface area contributed by atoms with Crippen LogP contribution in [0.25, 0.3) is 0 Å². The van der Waals surface area contributed by atoms with E-state index >= 15 is 0 Å². The third kappa shape index (κ3) is 3.83. The molecule has 0 aliphatic carbocycles. The molecule has 2 N–H and O–H groups in total. The van der Waals surface area contributed by atoms with E-state index in [1.165, 1.54) is 0 Å². The van der Waals surface area contributed by atoms with E-state index in [0.29, 0.717) is 25.2 Å². The van der Waals surface area contributed by atoms with Crippen molar-refractivity contribution in [2.75, 3.05) is 19.8 Å². The molecule has 1 fully saturated rings. The van der Waals surface area contributed by atoms with Gasteiger partial charge in [0.15, 0.2) is 0 Å². The Morgan fingerprint density at radius 3 is 3.10 bits per heavy atom. The minimum Gasteiger partial charge on any atom is -0.395 e. The first-order valence-electron chi connectivity index (χ1n) is 6.79. The van der Waals surface area contributed by atoms with E-state index in [9.17, 15) is 4.79 Å². The van der Waals surface area contributed by atoms with E-state index in [4.69, 9.17) is 9.84 Å². The molecular weight excluding hydrogens is 254 g/mol. The average Bonchev–Trinajstić information content (AvgIpc) is 2.93. The molecule has 1 aromatic rings. The number of rotatable bonds is 3. The van der Waals surface area contributed by atoms with E-state index < -0.39 is 0 Å². The van der Waals surface area contributed by atoms with Crippen molar-refractivity contribution in [1.82, 2.24) is 5.32 Å². The molecular formula is C16H19NO3. The third-order valence-electron chi connectivity index (χ3n) is 3.22. The second-order valence-corrected chi connectivity index (χ2v) is 4.84. The van der Waals surface area contributed by atoms with Crippen LogP contribution in [0.5, 0.6) is 0 Å². The predicted octanol–water partition coefficient (Wildman–Crippen LogP) is 1.25. The van der Waals surface area contributed by atoms with Crippen molar-refractivity contribution in [3.05, 3.63) is 34.9 Å². The minimum atomic E-state index is -0.0798. The van der Waals surface area contributed by atoms with Gasteiger partial charge >= 0.3 is 0 Å². The highest BCUT2D eigenvalue weighted by Gasteiger charge is 2.19. The van der Waals surface area contributed by atoms with Gasteiger partial charge in [-0.1, -0.05) is 17.9 Å². The quantitative estimate of drug-likeness (QED) is 0.815. The first-order valence-corrected chi connectivity index (χ1v) is 6.79. The number of carbonyl (C=O) groups excluding carboxylic acids is 1. The van der Waals surface area contributed by atoms with Crippen LogP contribution in [-0.2, 0) is 4.74 Å². The summed E-state index contributed by atoms with van der Waals surface area (Å²) >= 11 is 0. The van der Waals surface area contributed by atoms with Crippen molar-refractivity contribution in [3.8, 4) is 11.8 Å². The largest absolute Gasteiger partial charge is 0.395 e. The zero-order chi connectivity index (χ0) is 14.4. The molecule has 1 aromatic carbocycles. The molecule has 1 heterocycles. The van der Waals surface area contributed by atoms with E-state index in [1.807, 2.05) is 19.1 Å². The first-order chi connectivity index (χ1) is 9.70. The van der Waals surface area contributed by atoms with Crippen molar-refractivity contribution in [2.45, 2.75) is 25.8 Å².